The number of nitrogens with one attached hydrogen (secondary N) is 2. The molecule has 0 unspecified atom stereocenters. The van der Waals surface area contributed by atoms with Crippen molar-refractivity contribution < 1.29 is 22.7 Å². The van der Waals surface area contributed by atoms with E-state index in [9.17, 15) is 13.2 Å². The van der Waals surface area contributed by atoms with Crippen molar-refractivity contribution in [1.82, 2.24) is 10.0 Å². The Bertz CT molecular complexity index is 1210. The van der Waals surface area contributed by atoms with Crippen LogP contribution in [0.25, 0.3) is 0 Å². The van der Waals surface area contributed by atoms with E-state index in [2.05, 4.69) is 10.0 Å². The lowest BCUT2D eigenvalue weighted by Crippen LogP contribution is -2.48. The van der Waals surface area contributed by atoms with Crippen LogP contribution in [0.2, 0.25) is 0 Å². The van der Waals surface area contributed by atoms with Gasteiger partial charge in [0, 0.05) is 0 Å². The van der Waals surface area contributed by atoms with Crippen molar-refractivity contribution in [3.63, 3.8) is 0 Å². The highest BCUT2D eigenvalue weighted by molar-refractivity contribution is 7.89. The van der Waals surface area contributed by atoms with Crippen LogP contribution in [0.15, 0.2) is 77.7 Å². The zero-order chi connectivity index (χ0) is 24.7. The number of sulfonamides is 1. The van der Waals surface area contributed by atoms with Crippen molar-refractivity contribution in [1.29, 1.82) is 0 Å². The molecular formula is C26H30N2O5S. The van der Waals surface area contributed by atoms with E-state index >= 15 is 0 Å². The van der Waals surface area contributed by atoms with Crippen molar-refractivity contribution in [2.24, 2.45) is 0 Å². The van der Waals surface area contributed by atoms with Crippen LogP contribution in [0.5, 0.6) is 11.5 Å². The van der Waals surface area contributed by atoms with Gasteiger partial charge in [-0.2, -0.15) is 4.72 Å². The number of aryl methyl sites for hydroxylation is 1. The maximum Gasteiger partial charge on any atom is 0.244 e. The van der Waals surface area contributed by atoms with Gasteiger partial charge in [-0.1, -0.05) is 48.5 Å². The highest BCUT2D eigenvalue weighted by Gasteiger charge is 2.29. The maximum atomic E-state index is 13.3. The molecule has 1 amide bonds. The van der Waals surface area contributed by atoms with Crippen molar-refractivity contribution in [3.05, 3.63) is 89.5 Å². The second kappa shape index (κ2) is 11.2. The molecule has 0 aromatic heterocycles. The lowest BCUT2D eigenvalue weighted by atomic mass is 10.0. The van der Waals surface area contributed by atoms with Crippen molar-refractivity contribution in [3.8, 4) is 11.5 Å². The first-order valence-electron chi connectivity index (χ1n) is 10.9. The second-order valence-corrected chi connectivity index (χ2v) is 9.70. The van der Waals surface area contributed by atoms with E-state index in [1.165, 1.54) is 13.2 Å². The molecule has 0 aliphatic carbocycles. The predicted molar refractivity (Wildman–Crippen MR) is 132 cm³/mol. The maximum absolute atomic E-state index is 13.3. The summed E-state index contributed by atoms with van der Waals surface area (Å²) in [5, 5.41) is 2.93. The van der Waals surface area contributed by atoms with Crippen LogP contribution in [0.1, 0.15) is 29.7 Å². The largest absolute Gasteiger partial charge is 0.497 e. The summed E-state index contributed by atoms with van der Waals surface area (Å²) in [7, 11) is -1.05. The third-order valence-corrected chi connectivity index (χ3v) is 6.97. The average molecular weight is 483 g/mol. The van der Waals surface area contributed by atoms with Gasteiger partial charge < -0.3 is 14.8 Å². The van der Waals surface area contributed by atoms with Gasteiger partial charge in [-0.05, 0) is 61.2 Å². The molecule has 3 aromatic rings. The standard InChI is InChI=1S/C26H30N2O5S/c1-18-10-15-24(33-4)25(16-18)34(30,31)28-23(17-20-8-6-5-7-9-20)26(29)27-19(2)21-11-13-22(32-3)14-12-21/h5-16,19,23,28H,17H2,1-4H3,(H,27,29)/t19-,23-/m0/s1. The zero-order valence-electron chi connectivity index (χ0n) is 19.7. The third kappa shape index (κ3) is 6.36. The topological polar surface area (TPSA) is 93.7 Å². The van der Waals surface area contributed by atoms with Crippen LogP contribution in [0.4, 0.5) is 0 Å². The zero-order valence-corrected chi connectivity index (χ0v) is 20.6. The molecule has 0 aliphatic rings. The molecule has 0 radical (unpaired) electrons. The van der Waals surface area contributed by atoms with Crippen LogP contribution in [0, 0.1) is 6.92 Å². The van der Waals surface area contributed by atoms with Gasteiger partial charge in [-0.3, -0.25) is 4.79 Å². The number of carbonyl (C=O) groups excluding carboxylic acids is 1. The van der Waals surface area contributed by atoms with Gasteiger partial charge >= 0.3 is 0 Å². The van der Waals surface area contributed by atoms with Crippen LogP contribution in [0.3, 0.4) is 0 Å². The molecule has 3 rings (SSSR count). The Labute approximate surface area is 201 Å². The molecule has 34 heavy (non-hydrogen) atoms. The molecule has 0 saturated heterocycles. The number of hydrogen-bond donors (Lipinski definition) is 2. The second-order valence-electron chi connectivity index (χ2n) is 8.02. The van der Waals surface area contributed by atoms with Crippen molar-refractivity contribution in [2.75, 3.05) is 14.2 Å². The Morgan fingerprint density at radius 1 is 0.941 bits per heavy atom. The molecule has 2 N–H and O–H groups in total. The van der Waals surface area contributed by atoms with Gasteiger partial charge in [0.05, 0.1) is 20.3 Å². The van der Waals surface area contributed by atoms with E-state index in [1.807, 2.05) is 61.5 Å². The molecule has 180 valence electrons. The van der Waals surface area contributed by atoms with Crippen LogP contribution >= 0.6 is 0 Å². The van der Waals surface area contributed by atoms with Crippen molar-refractivity contribution >= 4 is 15.9 Å². The van der Waals surface area contributed by atoms with Gasteiger partial charge in [0.15, 0.2) is 0 Å². The minimum absolute atomic E-state index is 0.0101. The predicted octanol–water partition coefficient (Wildman–Crippen LogP) is 3.78. The third-order valence-electron chi connectivity index (χ3n) is 5.48. The first-order chi connectivity index (χ1) is 16.2. The number of benzene rings is 3. The Hall–Kier alpha value is -3.36. The summed E-state index contributed by atoms with van der Waals surface area (Å²) >= 11 is 0. The van der Waals surface area contributed by atoms with E-state index in [1.54, 1.807) is 26.2 Å². The minimum atomic E-state index is -4.05. The van der Waals surface area contributed by atoms with Gasteiger partial charge in [-0.25, -0.2) is 8.42 Å². The fraction of sp³-hybridized carbons (Fsp3) is 0.269. The lowest BCUT2D eigenvalue weighted by Gasteiger charge is -2.22. The van der Waals surface area contributed by atoms with Gasteiger partial charge in [0.2, 0.25) is 15.9 Å². The molecule has 7 nitrogen and oxygen atoms in total. The smallest absolute Gasteiger partial charge is 0.244 e. The van der Waals surface area contributed by atoms with E-state index in [-0.39, 0.29) is 23.1 Å². The molecule has 0 heterocycles. The number of carbonyl (C=O) groups is 1. The summed E-state index contributed by atoms with van der Waals surface area (Å²) in [5.74, 6) is 0.495. The van der Waals surface area contributed by atoms with Gasteiger partial charge in [0.25, 0.3) is 0 Å². The summed E-state index contributed by atoms with van der Waals surface area (Å²) in [6.45, 7) is 3.64. The Balaban J connectivity index is 1.87. The summed E-state index contributed by atoms with van der Waals surface area (Å²) in [6.07, 6.45) is 0.190. The molecule has 0 bridgehead atoms. The summed E-state index contributed by atoms with van der Waals surface area (Å²) < 4.78 is 39.7. The number of hydrogen-bond acceptors (Lipinski definition) is 5. The van der Waals surface area contributed by atoms with E-state index < -0.39 is 22.0 Å². The Kier molecular flexibility index (Phi) is 8.31. The normalized spacial score (nSPS) is 13.1. The molecule has 2 atom stereocenters. The molecule has 8 heteroatoms. The average Bonchev–Trinajstić information content (AvgIpc) is 2.84. The molecular weight excluding hydrogens is 452 g/mol. The molecule has 0 spiro atoms. The molecule has 0 aliphatic heterocycles. The summed E-state index contributed by atoms with van der Waals surface area (Å²) in [4.78, 5) is 13.3. The van der Waals surface area contributed by atoms with Crippen LogP contribution in [-0.2, 0) is 21.2 Å². The van der Waals surface area contributed by atoms with E-state index in [0.29, 0.717) is 5.75 Å². The fourth-order valence-electron chi connectivity index (χ4n) is 3.57. The first kappa shape index (κ1) is 25.3. The highest BCUT2D eigenvalue weighted by atomic mass is 32.2. The fourth-order valence-corrected chi connectivity index (χ4v) is 5.02. The monoisotopic (exact) mass is 482 g/mol. The highest BCUT2D eigenvalue weighted by Crippen LogP contribution is 2.25. The quantitative estimate of drug-likeness (QED) is 0.459. The summed E-state index contributed by atoms with van der Waals surface area (Å²) in [5.41, 5.74) is 2.47. The Morgan fingerprint density at radius 3 is 2.24 bits per heavy atom. The number of amides is 1. The number of methoxy groups -OCH3 is 2. The van der Waals surface area contributed by atoms with Gasteiger partial charge in [0.1, 0.15) is 22.4 Å². The van der Waals surface area contributed by atoms with Gasteiger partial charge in [-0.15, -0.1) is 0 Å². The molecule has 0 fully saturated rings. The minimum Gasteiger partial charge on any atom is -0.497 e. The lowest BCUT2D eigenvalue weighted by molar-refractivity contribution is -0.123. The number of ether oxygens (including phenoxy) is 2. The molecule has 3 aromatic carbocycles. The Morgan fingerprint density at radius 2 is 1.62 bits per heavy atom. The van der Waals surface area contributed by atoms with Crippen LogP contribution < -0.4 is 19.5 Å². The number of rotatable bonds is 10. The van der Waals surface area contributed by atoms with Crippen molar-refractivity contribution in [2.45, 2.75) is 37.2 Å². The summed E-state index contributed by atoms with van der Waals surface area (Å²) in [6, 6.07) is 20.1. The van der Waals surface area contributed by atoms with E-state index in [4.69, 9.17) is 9.47 Å². The SMILES string of the molecule is COc1ccc([C@H](C)NC(=O)[C@H](Cc2ccccc2)NS(=O)(=O)c2cc(C)ccc2OC)cc1. The molecule has 0 saturated carbocycles. The van der Waals surface area contributed by atoms with Crippen LogP contribution in [-0.4, -0.2) is 34.6 Å². The first-order valence-corrected chi connectivity index (χ1v) is 12.4. The van der Waals surface area contributed by atoms with E-state index in [0.717, 1.165) is 16.7 Å².